The molecule has 2 heterocycles. The van der Waals surface area contributed by atoms with Gasteiger partial charge in [-0.05, 0) is 6.42 Å². The molecule has 0 bridgehead atoms. The van der Waals surface area contributed by atoms with Gasteiger partial charge in [0, 0.05) is 19.7 Å². The van der Waals surface area contributed by atoms with Gasteiger partial charge in [0.05, 0.1) is 18.8 Å². The van der Waals surface area contributed by atoms with E-state index in [1.54, 1.807) is 0 Å². The molecular formula is C7H13NO2. The van der Waals surface area contributed by atoms with Crippen LogP contribution in [0.15, 0.2) is 0 Å². The average molecular weight is 143 g/mol. The van der Waals surface area contributed by atoms with Crippen LogP contribution < -0.4 is 5.32 Å². The van der Waals surface area contributed by atoms with Gasteiger partial charge in [-0.1, -0.05) is 0 Å². The first-order chi connectivity index (χ1) is 4.95. The van der Waals surface area contributed by atoms with E-state index in [4.69, 9.17) is 9.47 Å². The van der Waals surface area contributed by atoms with E-state index in [2.05, 4.69) is 5.32 Å². The molecule has 0 spiro atoms. The zero-order valence-electron chi connectivity index (χ0n) is 6.01. The van der Waals surface area contributed by atoms with Crippen LogP contribution in [0, 0.1) is 0 Å². The molecule has 0 aromatic carbocycles. The summed E-state index contributed by atoms with van der Waals surface area (Å²) in [5.74, 6) is 0. The molecule has 0 aliphatic carbocycles. The molecule has 0 aromatic heterocycles. The van der Waals surface area contributed by atoms with Gasteiger partial charge in [-0.2, -0.15) is 0 Å². The quantitative estimate of drug-likeness (QED) is 0.579. The van der Waals surface area contributed by atoms with Gasteiger partial charge in [-0.25, -0.2) is 0 Å². The molecule has 2 aliphatic rings. The minimum absolute atomic E-state index is 0.382. The van der Waals surface area contributed by atoms with Crippen molar-refractivity contribution in [3.63, 3.8) is 0 Å². The van der Waals surface area contributed by atoms with Crippen molar-refractivity contribution in [2.45, 2.75) is 18.6 Å². The summed E-state index contributed by atoms with van der Waals surface area (Å²) in [5.41, 5.74) is 0. The average Bonchev–Trinajstić information content (AvgIpc) is 2.29. The molecule has 58 valence electrons. The molecular weight excluding hydrogens is 130 g/mol. The summed E-state index contributed by atoms with van der Waals surface area (Å²) >= 11 is 0. The lowest BCUT2D eigenvalue weighted by atomic mass is 10.2. The van der Waals surface area contributed by atoms with Crippen LogP contribution in [0.25, 0.3) is 0 Å². The second-order valence-corrected chi connectivity index (χ2v) is 2.90. The normalized spacial score (nSPS) is 34.2. The van der Waals surface area contributed by atoms with Crippen LogP contribution in [0.3, 0.4) is 0 Å². The van der Waals surface area contributed by atoms with Gasteiger partial charge in [0.1, 0.15) is 0 Å². The Labute approximate surface area is 60.7 Å². The molecule has 1 atom stereocenters. The molecule has 0 saturated carbocycles. The highest BCUT2D eigenvalue weighted by Gasteiger charge is 2.24. The maximum absolute atomic E-state index is 5.66. The second-order valence-electron chi connectivity index (χ2n) is 2.90. The van der Waals surface area contributed by atoms with Gasteiger partial charge < -0.3 is 14.8 Å². The molecule has 2 saturated heterocycles. The molecule has 3 heteroatoms. The van der Waals surface area contributed by atoms with E-state index in [1.807, 2.05) is 0 Å². The van der Waals surface area contributed by atoms with Crippen molar-refractivity contribution < 1.29 is 9.47 Å². The minimum Gasteiger partial charge on any atom is -0.379 e. The summed E-state index contributed by atoms with van der Waals surface area (Å²) in [6, 6.07) is 0. The SMILES string of the molecule is C1C[C@@H](OC2CNC2)CO1. The zero-order chi connectivity index (χ0) is 6.81. The monoisotopic (exact) mass is 143 g/mol. The summed E-state index contributed by atoms with van der Waals surface area (Å²) in [6.45, 7) is 3.73. The smallest absolute Gasteiger partial charge is 0.0835 e. The van der Waals surface area contributed by atoms with Gasteiger partial charge in [-0.3, -0.25) is 0 Å². The van der Waals surface area contributed by atoms with Crippen LogP contribution in [-0.4, -0.2) is 38.5 Å². The summed E-state index contributed by atoms with van der Waals surface area (Å²) in [4.78, 5) is 0. The standard InChI is InChI=1S/C7H13NO2/c1-2-9-5-6(1)10-7-3-8-4-7/h6-8H,1-5H2/t6-/m1/s1. The maximum atomic E-state index is 5.66. The van der Waals surface area contributed by atoms with Crippen LogP contribution in [0.2, 0.25) is 0 Å². The van der Waals surface area contributed by atoms with Crippen molar-refractivity contribution in [3.8, 4) is 0 Å². The van der Waals surface area contributed by atoms with Crippen LogP contribution in [0.5, 0.6) is 0 Å². The van der Waals surface area contributed by atoms with E-state index >= 15 is 0 Å². The van der Waals surface area contributed by atoms with E-state index in [0.717, 1.165) is 32.7 Å². The fourth-order valence-electron chi connectivity index (χ4n) is 1.25. The predicted octanol–water partition coefficient (Wildman–Crippen LogP) is -0.236. The Morgan fingerprint density at radius 2 is 2.20 bits per heavy atom. The van der Waals surface area contributed by atoms with Crippen molar-refractivity contribution in [2.24, 2.45) is 0 Å². The lowest BCUT2D eigenvalue weighted by Gasteiger charge is -2.29. The van der Waals surface area contributed by atoms with Crippen molar-refractivity contribution in [3.05, 3.63) is 0 Å². The number of ether oxygens (including phenoxy) is 2. The van der Waals surface area contributed by atoms with Crippen molar-refractivity contribution >= 4 is 0 Å². The van der Waals surface area contributed by atoms with Crippen LogP contribution in [-0.2, 0) is 9.47 Å². The molecule has 3 nitrogen and oxygen atoms in total. The lowest BCUT2D eigenvalue weighted by molar-refractivity contribution is -0.0391. The molecule has 0 radical (unpaired) electrons. The second kappa shape index (κ2) is 2.86. The van der Waals surface area contributed by atoms with Crippen LogP contribution in [0.4, 0.5) is 0 Å². The van der Waals surface area contributed by atoms with E-state index in [-0.39, 0.29) is 0 Å². The molecule has 0 amide bonds. The zero-order valence-corrected chi connectivity index (χ0v) is 6.01. The first-order valence-electron chi connectivity index (χ1n) is 3.89. The molecule has 2 aliphatic heterocycles. The highest BCUT2D eigenvalue weighted by Crippen LogP contribution is 2.12. The van der Waals surface area contributed by atoms with Gasteiger partial charge >= 0.3 is 0 Å². The maximum Gasteiger partial charge on any atom is 0.0835 e. The molecule has 10 heavy (non-hydrogen) atoms. The summed E-state index contributed by atoms with van der Waals surface area (Å²) in [7, 11) is 0. The molecule has 0 unspecified atom stereocenters. The van der Waals surface area contributed by atoms with E-state index in [1.165, 1.54) is 0 Å². The number of hydrogen-bond donors (Lipinski definition) is 1. The Morgan fingerprint density at radius 3 is 2.70 bits per heavy atom. The first-order valence-corrected chi connectivity index (χ1v) is 3.89. The molecule has 2 rings (SSSR count). The first kappa shape index (κ1) is 6.58. The van der Waals surface area contributed by atoms with Gasteiger partial charge in [0.25, 0.3) is 0 Å². The summed E-state index contributed by atoms with van der Waals surface area (Å²) in [6.07, 6.45) is 1.93. The molecule has 0 aromatic rings. The topological polar surface area (TPSA) is 30.5 Å². The van der Waals surface area contributed by atoms with Crippen molar-refractivity contribution in [2.75, 3.05) is 26.3 Å². The number of rotatable bonds is 2. The fraction of sp³-hybridized carbons (Fsp3) is 1.00. The fourth-order valence-corrected chi connectivity index (χ4v) is 1.25. The molecule has 2 fully saturated rings. The Morgan fingerprint density at radius 1 is 1.30 bits per heavy atom. The number of hydrogen-bond acceptors (Lipinski definition) is 3. The lowest BCUT2D eigenvalue weighted by Crippen LogP contribution is -2.50. The predicted molar refractivity (Wildman–Crippen MR) is 37.0 cm³/mol. The van der Waals surface area contributed by atoms with E-state index in [0.29, 0.717) is 12.2 Å². The highest BCUT2D eigenvalue weighted by atomic mass is 16.6. The Kier molecular flexibility index (Phi) is 1.88. The summed E-state index contributed by atoms with van der Waals surface area (Å²) < 4.78 is 10.8. The Balaban J connectivity index is 1.68. The third kappa shape index (κ3) is 1.31. The third-order valence-corrected chi connectivity index (χ3v) is 2.02. The highest BCUT2D eigenvalue weighted by molar-refractivity contribution is 4.77. The van der Waals surface area contributed by atoms with E-state index < -0.39 is 0 Å². The molecule has 1 N–H and O–H groups in total. The Bertz CT molecular complexity index is 108. The largest absolute Gasteiger partial charge is 0.379 e. The van der Waals surface area contributed by atoms with Gasteiger partial charge in [0.15, 0.2) is 0 Å². The van der Waals surface area contributed by atoms with Crippen molar-refractivity contribution in [1.29, 1.82) is 0 Å². The summed E-state index contributed by atoms with van der Waals surface area (Å²) in [5, 5.41) is 3.17. The van der Waals surface area contributed by atoms with Crippen LogP contribution in [0.1, 0.15) is 6.42 Å². The van der Waals surface area contributed by atoms with Crippen molar-refractivity contribution in [1.82, 2.24) is 5.32 Å². The minimum atomic E-state index is 0.382. The van der Waals surface area contributed by atoms with Gasteiger partial charge in [0.2, 0.25) is 0 Å². The Hall–Kier alpha value is -0.120. The van der Waals surface area contributed by atoms with Crippen LogP contribution >= 0.6 is 0 Å². The van der Waals surface area contributed by atoms with E-state index in [9.17, 15) is 0 Å². The number of nitrogens with one attached hydrogen (secondary N) is 1. The van der Waals surface area contributed by atoms with Gasteiger partial charge in [-0.15, -0.1) is 0 Å². The third-order valence-electron chi connectivity index (χ3n) is 2.02.